The maximum Gasteiger partial charge on any atom is 0.471 e. The van der Waals surface area contributed by atoms with Crippen molar-refractivity contribution in [2.75, 3.05) is 37.0 Å². The number of imidazole rings is 1. The molecule has 0 fully saturated rings. The van der Waals surface area contributed by atoms with Gasteiger partial charge in [0.05, 0.1) is 25.0 Å². The van der Waals surface area contributed by atoms with Crippen LogP contribution < -0.4 is 15.0 Å². The molecule has 2 rings (SSSR count). The van der Waals surface area contributed by atoms with Crippen molar-refractivity contribution in [3.63, 3.8) is 0 Å². The molecule has 218 valence electrons. The Morgan fingerprint density at radius 3 is 2.41 bits per heavy atom. The number of carbonyl (C=O) groups excluding carboxylic acids is 2. The zero-order chi connectivity index (χ0) is 30.9. The normalized spacial score (nSPS) is 11.9. The van der Waals surface area contributed by atoms with Crippen LogP contribution in [0.1, 0.15) is 32.2 Å². The summed E-state index contributed by atoms with van der Waals surface area (Å²) in [5, 5.41) is 38.9. The number of nitriles is 2. The number of amides is 1. The highest BCUT2D eigenvalue weighted by Gasteiger charge is 2.39. The Bertz CT molecular complexity index is 1420. The Morgan fingerprint density at radius 2 is 1.90 bits per heavy atom. The third kappa shape index (κ3) is 8.02. The Morgan fingerprint density at radius 1 is 1.24 bits per heavy atom. The number of aliphatic hydroxyl groups is 1. The quantitative estimate of drug-likeness (QED) is 0.215. The molecule has 0 spiro atoms. The second kappa shape index (κ2) is 13.9. The van der Waals surface area contributed by atoms with Gasteiger partial charge in [-0.15, -0.1) is 10.2 Å². The van der Waals surface area contributed by atoms with Crippen molar-refractivity contribution >= 4 is 34.9 Å². The Labute approximate surface area is 233 Å². The second-order valence-corrected chi connectivity index (χ2v) is 8.34. The molecule has 16 heteroatoms. The fourth-order valence-corrected chi connectivity index (χ4v) is 3.45. The van der Waals surface area contributed by atoms with Gasteiger partial charge in [0.15, 0.2) is 11.4 Å². The molecular weight excluding hydrogens is 549 g/mol. The number of benzene rings is 1. The molecule has 0 aliphatic carbocycles. The summed E-state index contributed by atoms with van der Waals surface area (Å²) in [6.45, 7) is 8.49. The van der Waals surface area contributed by atoms with Gasteiger partial charge in [0.1, 0.15) is 36.3 Å². The minimum atomic E-state index is -5.20. The smallest absolute Gasteiger partial charge is 0.471 e. The number of azo groups is 1. The summed E-state index contributed by atoms with van der Waals surface area (Å²) in [6.07, 6.45) is -6.58. The highest BCUT2D eigenvalue weighted by atomic mass is 19.4. The average molecular weight is 577 g/mol. The van der Waals surface area contributed by atoms with Crippen LogP contribution in [0.15, 0.2) is 34.5 Å². The molecule has 13 nitrogen and oxygen atoms in total. The molecule has 41 heavy (non-hydrogen) atoms. The molecule has 0 bridgehead atoms. The van der Waals surface area contributed by atoms with Crippen molar-refractivity contribution in [2.45, 2.75) is 39.6 Å². The van der Waals surface area contributed by atoms with Crippen LogP contribution in [0, 0.1) is 22.7 Å². The number of anilines is 2. The lowest BCUT2D eigenvalue weighted by atomic mass is 10.2. The minimum Gasteiger partial charge on any atom is -0.494 e. The highest BCUT2D eigenvalue weighted by molar-refractivity contribution is 5.98. The largest absolute Gasteiger partial charge is 0.494 e. The van der Waals surface area contributed by atoms with Crippen molar-refractivity contribution in [3.8, 4) is 17.9 Å². The molecule has 1 unspecified atom stereocenters. The van der Waals surface area contributed by atoms with Gasteiger partial charge in [0.2, 0.25) is 0 Å². The molecule has 1 heterocycles. The van der Waals surface area contributed by atoms with E-state index >= 15 is 0 Å². The summed E-state index contributed by atoms with van der Waals surface area (Å²) >= 11 is 0. The van der Waals surface area contributed by atoms with Gasteiger partial charge in [-0.1, -0.05) is 6.58 Å². The number of aromatic nitrogens is 2. The predicted molar refractivity (Wildman–Crippen MR) is 139 cm³/mol. The van der Waals surface area contributed by atoms with Crippen LogP contribution in [-0.2, 0) is 20.9 Å². The van der Waals surface area contributed by atoms with Crippen LogP contribution in [0.3, 0.4) is 0 Å². The van der Waals surface area contributed by atoms with Crippen molar-refractivity contribution in [2.24, 2.45) is 10.2 Å². The third-order valence-corrected chi connectivity index (χ3v) is 5.46. The van der Waals surface area contributed by atoms with Crippen molar-refractivity contribution < 1.29 is 37.3 Å². The van der Waals surface area contributed by atoms with Gasteiger partial charge >= 0.3 is 18.1 Å². The van der Waals surface area contributed by atoms with Crippen molar-refractivity contribution in [3.05, 3.63) is 35.7 Å². The molecular formula is C25H27F3N8O5. The maximum atomic E-state index is 13.1. The minimum absolute atomic E-state index is 0.0923. The van der Waals surface area contributed by atoms with Gasteiger partial charge in [-0.25, -0.2) is 4.79 Å². The van der Waals surface area contributed by atoms with Gasteiger partial charge in [-0.3, -0.25) is 9.36 Å². The second-order valence-electron chi connectivity index (χ2n) is 8.34. The van der Waals surface area contributed by atoms with Crippen LogP contribution in [-0.4, -0.2) is 65.6 Å². The number of halogens is 3. The Kier molecular flexibility index (Phi) is 10.9. The molecule has 2 N–H and O–H groups in total. The lowest BCUT2D eigenvalue weighted by Gasteiger charge is -2.24. The number of nitrogens with one attached hydrogen (secondary N) is 1. The SMILES string of the molecule is C=C(C)C(=O)OCC(O)Cn1c(/N=N/c2cc(OC)c(N(CC)CC)cc2NC(=O)C(F)(F)F)nc(C#N)c1C#N. The first-order chi connectivity index (χ1) is 19.3. The average Bonchev–Trinajstić information content (AvgIpc) is 3.26. The highest BCUT2D eigenvalue weighted by Crippen LogP contribution is 2.40. The number of alkyl halides is 3. The van der Waals surface area contributed by atoms with E-state index in [0.29, 0.717) is 18.8 Å². The van der Waals surface area contributed by atoms with E-state index in [2.05, 4.69) is 21.8 Å². The summed E-state index contributed by atoms with van der Waals surface area (Å²) in [6, 6.07) is 5.97. The molecule has 1 atom stereocenters. The Balaban J connectivity index is 2.60. The van der Waals surface area contributed by atoms with Crippen molar-refractivity contribution in [1.82, 2.24) is 9.55 Å². The van der Waals surface area contributed by atoms with E-state index in [1.54, 1.807) is 22.4 Å². The zero-order valence-corrected chi connectivity index (χ0v) is 22.6. The van der Waals surface area contributed by atoms with E-state index in [0.717, 1.165) is 4.57 Å². The summed E-state index contributed by atoms with van der Waals surface area (Å²) in [4.78, 5) is 29.1. The van der Waals surface area contributed by atoms with Crippen molar-refractivity contribution in [1.29, 1.82) is 10.5 Å². The van der Waals surface area contributed by atoms with Crippen LogP contribution in [0.4, 0.5) is 36.2 Å². The van der Waals surface area contributed by atoms with Gasteiger partial charge < -0.3 is 24.8 Å². The first kappa shape index (κ1) is 32.3. The topological polar surface area (TPSA) is 178 Å². The van der Waals surface area contributed by atoms with E-state index in [1.165, 1.54) is 26.2 Å². The molecule has 2 aromatic rings. The standard InChI is InChI=1S/C25H27F3N8O5/c1-6-35(7-2)19-8-16(31-23(39)25(26,27)28)17(9-21(19)40-5)33-34-24-32-18(10-29)20(11-30)36(24)12-15(37)13-41-22(38)14(3)4/h8-9,15,37H,3,6-7,12-13H2,1-2,4-5H3,(H,31,39)/b34-33+. The number of esters is 1. The van der Waals surface area contributed by atoms with Crippen LogP contribution >= 0.6 is 0 Å². The number of ether oxygens (including phenoxy) is 2. The molecule has 0 aliphatic rings. The number of carbonyl (C=O) groups is 2. The molecule has 1 aromatic carbocycles. The first-order valence-corrected chi connectivity index (χ1v) is 12.0. The summed E-state index contributed by atoms with van der Waals surface area (Å²) in [5.74, 6) is -3.18. The molecule has 1 amide bonds. The van der Waals surface area contributed by atoms with E-state index in [1.807, 2.05) is 13.8 Å². The van der Waals surface area contributed by atoms with Gasteiger partial charge in [0, 0.05) is 24.7 Å². The molecule has 0 aliphatic heterocycles. The summed E-state index contributed by atoms with van der Waals surface area (Å²) in [7, 11) is 1.34. The first-order valence-electron chi connectivity index (χ1n) is 12.0. The molecule has 0 saturated carbocycles. The summed E-state index contributed by atoms with van der Waals surface area (Å²) < 4.78 is 50.5. The van der Waals surface area contributed by atoms with Gasteiger partial charge in [-0.05, 0) is 26.8 Å². The predicted octanol–water partition coefficient (Wildman–Crippen LogP) is 3.88. The van der Waals surface area contributed by atoms with E-state index in [-0.39, 0.29) is 40.0 Å². The molecule has 1 aromatic heterocycles. The number of aliphatic hydroxyl groups excluding tert-OH is 1. The van der Waals surface area contributed by atoms with E-state index in [4.69, 9.17) is 9.47 Å². The third-order valence-electron chi connectivity index (χ3n) is 5.46. The number of methoxy groups -OCH3 is 1. The van der Waals surface area contributed by atoms with Crippen LogP contribution in [0.25, 0.3) is 0 Å². The van der Waals surface area contributed by atoms with Crippen LogP contribution in [0.5, 0.6) is 5.75 Å². The lowest BCUT2D eigenvalue weighted by Crippen LogP contribution is -2.30. The number of hydrogen-bond acceptors (Lipinski definition) is 11. The monoisotopic (exact) mass is 576 g/mol. The number of nitrogens with zero attached hydrogens (tertiary/aromatic N) is 7. The van der Waals surface area contributed by atoms with E-state index < -0.39 is 37.3 Å². The van der Waals surface area contributed by atoms with E-state index in [9.17, 15) is 38.4 Å². The molecule has 0 radical (unpaired) electrons. The zero-order valence-electron chi connectivity index (χ0n) is 22.6. The fourth-order valence-electron chi connectivity index (χ4n) is 3.45. The number of rotatable bonds is 12. The maximum absolute atomic E-state index is 13.1. The number of hydrogen-bond donors (Lipinski definition) is 2. The molecule has 0 saturated heterocycles. The Hall–Kier alpha value is -4.96. The van der Waals surface area contributed by atoms with Gasteiger partial charge in [-0.2, -0.15) is 28.7 Å². The fraction of sp³-hybridized carbons (Fsp3) is 0.400. The lowest BCUT2D eigenvalue weighted by molar-refractivity contribution is -0.167. The van der Waals surface area contributed by atoms with Gasteiger partial charge in [0.25, 0.3) is 5.95 Å². The summed E-state index contributed by atoms with van der Waals surface area (Å²) in [5.41, 5.74) is -0.821. The van der Waals surface area contributed by atoms with Crippen LogP contribution in [0.2, 0.25) is 0 Å².